The number of carbonyl (C=O) groups excluding carboxylic acids is 1. The molecule has 0 saturated carbocycles. The van der Waals surface area contributed by atoms with Crippen LogP contribution < -0.4 is 4.90 Å². The minimum Gasteiger partial charge on any atom is -0.481 e. The van der Waals surface area contributed by atoms with Gasteiger partial charge in [0.25, 0.3) is 0 Å². The van der Waals surface area contributed by atoms with Crippen molar-refractivity contribution in [3.8, 4) is 0 Å². The van der Waals surface area contributed by atoms with Crippen molar-refractivity contribution >= 4 is 28.9 Å². The summed E-state index contributed by atoms with van der Waals surface area (Å²) in [5.74, 6) is -0.987. The highest BCUT2D eigenvalue weighted by Gasteiger charge is 2.17. The molecular weight excluding hydrogens is 286 g/mol. The van der Waals surface area contributed by atoms with E-state index in [1.54, 1.807) is 4.90 Å². The van der Waals surface area contributed by atoms with Gasteiger partial charge in [-0.2, -0.15) is 0 Å². The lowest BCUT2D eigenvalue weighted by molar-refractivity contribution is -0.136. The van der Waals surface area contributed by atoms with E-state index in [0.717, 1.165) is 16.1 Å². The number of rotatable bonds is 6. The van der Waals surface area contributed by atoms with E-state index in [1.165, 1.54) is 11.3 Å². The molecule has 0 fully saturated rings. The molecule has 1 N–H and O–H groups in total. The summed E-state index contributed by atoms with van der Waals surface area (Å²) in [6.07, 6.45) is 0.231. The fraction of sp³-hybridized carbons (Fsp3) is 0.250. The molecule has 5 heteroatoms. The molecule has 0 saturated heterocycles. The third-order valence-electron chi connectivity index (χ3n) is 3.10. The molecule has 110 valence electrons. The minimum absolute atomic E-state index is 0.0654. The van der Waals surface area contributed by atoms with E-state index in [2.05, 4.69) is 0 Å². The summed E-state index contributed by atoms with van der Waals surface area (Å²) in [4.78, 5) is 25.8. The molecular formula is C16H17NO3S. The van der Waals surface area contributed by atoms with E-state index in [4.69, 9.17) is 5.11 Å². The van der Waals surface area contributed by atoms with Crippen LogP contribution in [0.4, 0.5) is 5.69 Å². The molecule has 0 atom stereocenters. The van der Waals surface area contributed by atoms with E-state index in [1.807, 2.05) is 48.7 Å². The Balaban J connectivity index is 2.16. The number of carbonyl (C=O) groups is 2. The van der Waals surface area contributed by atoms with Crippen LogP contribution in [-0.4, -0.2) is 23.5 Å². The quantitative estimate of drug-likeness (QED) is 0.892. The number of thiophene rings is 1. The van der Waals surface area contributed by atoms with Gasteiger partial charge in [0.1, 0.15) is 0 Å². The molecule has 0 aliphatic rings. The topological polar surface area (TPSA) is 57.6 Å². The maximum atomic E-state index is 12.4. The van der Waals surface area contributed by atoms with Crippen LogP contribution in [0.25, 0.3) is 0 Å². The molecule has 4 nitrogen and oxygen atoms in total. The Morgan fingerprint density at radius 1 is 1.19 bits per heavy atom. The van der Waals surface area contributed by atoms with E-state index < -0.39 is 5.97 Å². The lowest BCUT2D eigenvalue weighted by Gasteiger charge is -2.22. The van der Waals surface area contributed by atoms with Gasteiger partial charge >= 0.3 is 5.97 Å². The summed E-state index contributed by atoms with van der Waals surface area (Å²) < 4.78 is 0. The van der Waals surface area contributed by atoms with E-state index in [-0.39, 0.29) is 18.9 Å². The Kier molecular flexibility index (Phi) is 5.11. The number of nitrogens with zero attached hydrogens (tertiary/aromatic N) is 1. The minimum atomic E-state index is -0.906. The Labute approximate surface area is 127 Å². The van der Waals surface area contributed by atoms with Gasteiger partial charge in [0.05, 0.1) is 12.8 Å². The van der Waals surface area contributed by atoms with E-state index in [9.17, 15) is 9.59 Å². The first kappa shape index (κ1) is 15.3. The fourth-order valence-electron chi connectivity index (χ4n) is 1.99. The summed E-state index contributed by atoms with van der Waals surface area (Å²) in [6.45, 7) is 2.15. The van der Waals surface area contributed by atoms with Crippen molar-refractivity contribution in [3.05, 3.63) is 52.2 Å². The predicted octanol–water partition coefficient (Wildman–Crippen LogP) is 3.11. The van der Waals surface area contributed by atoms with Gasteiger partial charge in [0.2, 0.25) is 5.91 Å². The zero-order valence-electron chi connectivity index (χ0n) is 11.8. The third-order valence-corrected chi connectivity index (χ3v) is 3.98. The number of anilines is 1. The highest BCUT2D eigenvalue weighted by molar-refractivity contribution is 7.10. The molecule has 0 aliphatic heterocycles. The standard InChI is InChI=1S/C16H17NO3S/c1-12-4-6-13(7-5-12)17(9-8-16(19)20)15(18)11-14-3-2-10-21-14/h2-7,10H,8-9,11H2,1H3,(H,19,20). The van der Waals surface area contributed by atoms with E-state index in [0.29, 0.717) is 6.42 Å². The molecule has 2 aromatic rings. The van der Waals surface area contributed by atoms with Gasteiger partial charge in [0.15, 0.2) is 0 Å². The second kappa shape index (κ2) is 7.04. The van der Waals surface area contributed by atoms with Crippen LogP contribution in [0, 0.1) is 6.92 Å². The number of aliphatic carboxylic acids is 1. The van der Waals surface area contributed by atoms with Crippen LogP contribution in [0.5, 0.6) is 0 Å². The summed E-state index contributed by atoms with van der Waals surface area (Å²) in [7, 11) is 0. The van der Waals surface area contributed by atoms with Crippen molar-refractivity contribution in [2.75, 3.05) is 11.4 Å². The van der Waals surface area contributed by atoms with Gasteiger partial charge in [-0.25, -0.2) is 0 Å². The summed E-state index contributed by atoms with van der Waals surface area (Å²) in [5.41, 5.74) is 1.84. The average molecular weight is 303 g/mol. The van der Waals surface area contributed by atoms with Crippen molar-refractivity contribution in [1.82, 2.24) is 0 Å². The monoisotopic (exact) mass is 303 g/mol. The molecule has 2 rings (SSSR count). The molecule has 1 aromatic carbocycles. The van der Waals surface area contributed by atoms with Crippen LogP contribution in [-0.2, 0) is 16.0 Å². The van der Waals surface area contributed by atoms with Crippen molar-refractivity contribution in [2.45, 2.75) is 19.8 Å². The smallest absolute Gasteiger partial charge is 0.305 e. The highest BCUT2D eigenvalue weighted by Crippen LogP contribution is 2.18. The largest absolute Gasteiger partial charge is 0.481 e. The molecule has 0 bridgehead atoms. The van der Waals surface area contributed by atoms with Gasteiger partial charge in [-0.15, -0.1) is 11.3 Å². The van der Waals surface area contributed by atoms with Gasteiger partial charge in [0, 0.05) is 17.1 Å². The van der Waals surface area contributed by atoms with Crippen LogP contribution >= 0.6 is 11.3 Å². The zero-order chi connectivity index (χ0) is 15.2. The molecule has 1 aromatic heterocycles. The number of aryl methyl sites for hydroxylation is 1. The molecule has 0 radical (unpaired) electrons. The Hall–Kier alpha value is -2.14. The van der Waals surface area contributed by atoms with Gasteiger partial charge in [-0.1, -0.05) is 23.8 Å². The van der Waals surface area contributed by atoms with Crippen molar-refractivity contribution in [3.63, 3.8) is 0 Å². The first-order valence-electron chi connectivity index (χ1n) is 6.67. The Bertz CT molecular complexity index is 605. The maximum absolute atomic E-state index is 12.4. The van der Waals surface area contributed by atoms with E-state index >= 15 is 0 Å². The number of benzene rings is 1. The number of hydrogen-bond acceptors (Lipinski definition) is 3. The zero-order valence-corrected chi connectivity index (χ0v) is 12.6. The summed E-state index contributed by atoms with van der Waals surface area (Å²) in [6, 6.07) is 11.4. The number of hydrogen-bond donors (Lipinski definition) is 1. The third kappa shape index (κ3) is 4.43. The number of carboxylic acids is 1. The fourth-order valence-corrected chi connectivity index (χ4v) is 2.68. The molecule has 0 unspecified atom stereocenters. The van der Waals surface area contributed by atoms with Crippen LogP contribution in [0.3, 0.4) is 0 Å². The highest BCUT2D eigenvalue weighted by atomic mass is 32.1. The summed E-state index contributed by atoms with van der Waals surface area (Å²) >= 11 is 1.53. The van der Waals surface area contributed by atoms with Crippen molar-refractivity contribution < 1.29 is 14.7 Å². The van der Waals surface area contributed by atoms with Crippen molar-refractivity contribution in [2.24, 2.45) is 0 Å². The normalized spacial score (nSPS) is 10.3. The molecule has 21 heavy (non-hydrogen) atoms. The molecule has 0 aliphatic carbocycles. The first-order valence-corrected chi connectivity index (χ1v) is 7.55. The van der Waals surface area contributed by atoms with Gasteiger partial charge < -0.3 is 10.0 Å². The van der Waals surface area contributed by atoms with Crippen LogP contribution in [0.1, 0.15) is 16.9 Å². The Morgan fingerprint density at radius 2 is 1.90 bits per heavy atom. The van der Waals surface area contributed by atoms with Crippen LogP contribution in [0.15, 0.2) is 41.8 Å². The number of amides is 1. The van der Waals surface area contributed by atoms with Gasteiger partial charge in [-0.05, 0) is 30.5 Å². The predicted molar refractivity (Wildman–Crippen MR) is 83.8 cm³/mol. The average Bonchev–Trinajstić information content (AvgIpc) is 2.93. The lowest BCUT2D eigenvalue weighted by atomic mass is 10.2. The SMILES string of the molecule is Cc1ccc(N(CCC(=O)O)C(=O)Cc2cccs2)cc1. The second-order valence-corrected chi connectivity index (χ2v) is 5.81. The van der Waals surface area contributed by atoms with Crippen LogP contribution in [0.2, 0.25) is 0 Å². The summed E-state index contributed by atoms with van der Waals surface area (Å²) in [5, 5.41) is 10.8. The molecule has 1 amide bonds. The van der Waals surface area contributed by atoms with Crippen molar-refractivity contribution in [1.29, 1.82) is 0 Å². The Morgan fingerprint density at radius 3 is 2.48 bits per heavy atom. The number of carboxylic acid groups (broad SMARTS) is 1. The first-order chi connectivity index (χ1) is 10.1. The second-order valence-electron chi connectivity index (χ2n) is 4.78. The molecule has 1 heterocycles. The lowest BCUT2D eigenvalue weighted by Crippen LogP contribution is -2.34. The van der Waals surface area contributed by atoms with Gasteiger partial charge in [-0.3, -0.25) is 9.59 Å². The maximum Gasteiger partial charge on any atom is 0.305 e. The molecule has 0 spiro atoms.